The highest BCUT2D eigenvalue weighted by Gasteiger charge is 2.30. The van der Waals surface area contributed by atoms with Crippen molar-refractivity contribution in [2.24, 2.45) is 0 Å². The molecule has 118 valence electrons. The standard InChI is InChI=1S/C18H24N2O2/c1-12-7-8-16-15(11-12)13(2)17(19-16)18(22)20-9-3-5-14(20)6-4-10-21/h7-8,11,14,19,21H,3-6,9-10H2,1-2H3. The van der Waals surface area contributed by atoms with E-state index in [1.807, 2.05) is 17.9 Å². The van der Waals surface area contributed by atoms with Gasteiger partial charge in [0.05, 0.1) is 0 Å². The van der Waals surface area contributed by atoms with Crippen LogP contribution in [0.4, 0.5) is 0 Å². The molecule has 3 rings (SSSR count). The zero-order chi connectivity index (χ0) is 15.7. The number of aryl methyl sites for hydroxylation is 2. The number of hydrogen-bond acceptors (Lipinski definition) is 2. The van der Waals surface area contributed by atoms with Gasteiger partial charge in [-0.25, -0.2) is 0 Å². The predicted molar refractivity (Wildman–Crippen MR) is 88.2 cm³/mol. The Morgan fingerprint density at radius 2 is 2.23 bits per heavy atom. The minimum absolute atomic E-state index is 0.104. The highest BCUT2D eigenvalue weighted by molar-refractivity contribution is 6.01. The van der Waals surface area contributed by atoms with Gasteiger partial charge < -0.3 is 15.0 Å². The normalized spacial score (nSPS) is 18.3. The summed E-state index contributed by atoms with van der Waals surface area (Å²) in [6, 6.07) is 6.51. The molecule has 1 amide bonds. The molecule has 22 heavy (non-hydrogen) atoms. The Bertz CT molecular complexity index is 690. The number of carbonyl (C=O) groups is 1. The van der Waals surface area contributed by atoms with Gasteiger partial charge in [0.2, 0.25) is 0 Å². The van der Waals surface area contributed by atoms with Crippen molar-refractivity contribution in [2.75, 3.05) is 13.2 Å². The first-order valence-corrected chi connectivity index (χ1v) is 8.12. The van der Waals surface area contributed by atoms with Gasteiger partial charge in [0, 0.05) is 30.1 Å². The lowest BCUT2D eigenvalue weighted by Crippen LogP contribution is -2.36. The van der Waals surface area contributed by atoms with Crippen LogP contribution in [0.15, 0.2) is 18.2 Å². The Morgan fingerprint density at radius 1 is 1.41 bits per heavy atom. The number of H-pyrrole nitrogens is 1. The van der Waals surface area contributed by atoms with E-state index in [0.717, 1.165) is 54.4 Å². The SMILES string of the molecule is Cc1ccc2[nH]c(C(=O)N3CCCC3CCCO)c(C)c2c1. The van der Waals surface area contributed by atoms with Crippen LogP contribution < -0.4 is 0 Å². The first-order chi connectivity index (χ1) is 10.6. The highest BCUT2D eigenvalue weighted by atomic mass is 16.3. The number of aliphatic hydroxyl groups excluding tert-OH is 1. The maximum Gasteiger partial charge on any atom is 0.270 e. The second-order valence-electron chi connectivity index (χ2n) is 6.33. The Balaban J connectivity index is 1.90. The van der Waals surface area contributed by atoms with Gasteiger partial charge in [-0.3, -0.25) is 4.79 Å². The summed E-state index contributed by atoms with van der Waals surface area (Å²) in [4.78, 5) is 18.2. The summed E-state index contributed by atoms with van der Waals surface area (Å²) >= 11 is 0. The third kappa shape index (κ3) is 2.63. The Labute approximate surface area is 131 Å². The van der Waals surface area contributed by atoms with Crippen molar-refractivity contribution >= 4 is 16.8 Å². The van der Waals surface area contributed by atoms with Gasteiger partial charge in [-0.05, 0) is 57.2 Å². The van der Waals surface area contributed by atoms with Gasteiger partial charge in [0.15, 0.2) is 0 Å². The highest BCUT2D eigenvalue weighted by Crippen LogP contribution is 2.28. The molecule has 2 aromatic rings. The molecular weight excluding hydrogens is 276 g/mol. The second-order valence-corrected chi connectivity index (χ2v) is 6.33. The molecule has 1 aliphatic heterocycles. The smallest absolute Gasteiger partial charge is 0.270 e. The summed E-state index contributed by atoms with van der Waals surface area (Å²) in [6.45, 7) is 5.11. The minimum Gasteiger partial charge on any atom is -0.396 e. The van der Waals surface area contributed by atoms with Crippen LogP contribution in [0.25, 0.3) is 10.9 Å². The van der Waals surface area contributed by atoms with Gasteiger partial charge in [0.1, 0.15) is 5.69 Å². The molecule has 2 N–H and O–H groups in total. The largest absolute Gasteiger partial charge is 0.396 e. The number of fused-ring (bicyclic) bond motifs is 1. The number of aromatic amines is 1. The van der Waals surface area contributed by atoms with Crippen molar-refractivity contribution in [3.05, 3.63) is 35.0 Å². The molecular formula is C18H24N2O2. The van der Waals surface area contributed by atoms with Crippen molar-refractivity contribution in [1.29, 1.82) is 0 Å². The Hall–Kier alpha value is -1.81. The zero-order valence-corrected chi connectivity index (χ0v) is 13.4. The van der Waals surface area contributed by atoms with Gasteiger partial charge in [0.25, 0.3) is 5.91 Å². The number of hydrogen-bond donors (Lipinski definition) is 2. The van der Waals surface area contributed by atoms with Crippen LogP contribution in [-0.4, -0.2) is 40.1 Å². The van der Waals surface area contributed by atoms with Crippen LogP contribution >= 0.6 is 0 Å². The number of nitrogens with zero attached hydrogens (tertiary/aromatic N) is 1. The van der Waals surface area contributed by atoms with E-state index in [-0.39, 0.29) is 18.6 Å². The molecule has 0 bridgehead atoms. The molecule has 1 unspecified atom stereocenters. The van der Waals surface area contributed by atoms with E-state index in [1.165, 1.54) is 5.56 Å². The number of carbonyl (C=O) groups excluding carboxylic acids is 1. The van der Waals surface area contributed by atoms with E-state index in [9.17, 15) is 4.79 Å². The number of likely N-dealkylation sites (tertiary alicyclic amines) is 1. The van der Waals surface area contributed by atoms with E-state index in [1.54, 1.807) is 0 Å². The van der Waals surface area contributed by atoms with E-state index in [2.05, 4.69) is 24.0 Å². The molecule has 1 aromatic carbocycles. The molecule has 0 radical (unpaired) electrons. The fourth-order valence-corrected chi connectivity index (χ4v) is 3.53. The number of benzene rings is 1. The van der Waals surface area contributed by atoms with Crippen LogP contribution in [-0.2, 0) is 0 Å². The summed E-state index contributed by atoms with van der Waals surface area (Å²) in [6.07, 6.45) is 3.75. The monoisotopic (exact) mass is 300 g/mol. The molecule has 0 saturated carbocycles. The minimum atomic E-state index is 0.104. The maximum atomic E-state index is 12.9. The van der Waals surface area contributed by atoms with Gasteiger partial charge in [-0.1, -0.05) is 11.6 Å². The number of nitrogens with one attached hydrogen (secondary N) is 1. The molecule has 1 atom stereocenters. The lowest BCUT2D eigenvalue weighted by molar-refractivity contribution is 0.0719. The average molecular weight is 300 g/mol. The third-order valence-electron chi connectivity index (χ3n) is 4.76. The van der Waals surface area contributed by atoms with E-state index < -0.39 is 0 Å². The molecule has 4 heteroatoms. The fourth-order valence-electron chi connectivity index (χ4n) is 3.53. The number of aromatic nitrogens is 1. The molecule has 1 aliphatic rings. The van der Waals surface area contributed by atoms with E-state index in [4.69, 9.17) is 5.11 Å². The number of amides is 1. The summed E-state index contributed by atoms with van der Waals surface area (Å²) in [5.41, 5.74) is 3.99. The summed E-state index contributed by atoms with van der Waals surface area (Å²) in [5, 5.41) is 10.2. The summed E-state index contributed by atoms with van der Waals surface area (Å²) < 4.78 is 0. The third-order valence-corrected chi connectivity index (χ3v) is 4.76. The van der Waals surface area contributed by atoms with Crippen molar-refractivity contribution in [3.63, 3.8) is 0 Å². The first-order valence-electron chi connectivity index (χ1n) is 8.12. The van der Waals surface area contributed by atoms with Crippen molar-refractivity contribution < 1.29 is 9.90 Å². The fraction of sp³-hybridized carbons (Fsp3) is 0.500. The van der Waals surface area contributed by atoms with Crippen LogP contribution in [0.1, 0.15) is 47.3 Å². The van der Waals surface area contributed by atoms with Crippen LogP contribution in [0.2, 0.25) is 0 Å². The summed E-state index contributed by atoms with van der Waals surface area (Å²) in [5.74, 6) is 0.104. The first kappa shape index (κ1) is 15.1. The Kier molecular flexibility index (Phi) is 4.21. The topological polar surface area (TPSA) is 56.3 Å². The number of rotatable bonds is 4. The maximum absolute atomic E-state index is 12.9. The molecule has 1 fully saturated rings. The summed E-state index contributed by atoms with van der Waals surface area (Å²) in [7, 11) is 0. The van der Waals surface area contributed by atoms with Crippen molar-refractivity contribution in [1.82, 2.24) is 9.88 Å². The quantitative estimate of drug-likeness (QED) is 0.911. The van der Waals surface area contributed by atoms with Gasteiger partial charge >= 0.3 is 0 Å². The van der Waals surface area contributed by atoms with E-state index >= 15 is 0 Å². The zero-order valence-electron chi connectivity index (χ0n) is 13.4. The van der Waals surface area contributed by atoms with Crippen molar-refractivity contribution in [3.8, 4) is 0 Å². The molecule has 4 nitrogen and oxygen atoms in total. The van der Waals surface area contributed by atoms with Crippen molar-refractivity contribution in [2.45, 2.75) is 45.6 Å². The van der Waals surface area contributed by atoms with Crippen LogP contribution in [0.3, 0.4) is 0 Å². The molecule has 1 saturated heterocycles. The average Bonchev–Trinajstić information content (AvgIpc) is 3.10. The molecule has 2 heterocycles. The Morgan fingerprint density at radius 3 is 3.00 bits per heavy atom. The molecule has 0 spiro atoms. The van der Waals surface area contributed by atoms with E-state index in [0.29, 0.717) is 0 Å². The molecule has 1 aromatic heterocycles. The van der Waals surface area contributed by atoms with Crippen LogP contribution in [0.5, 0.6) is 0 Å². The van der Waals surface area contributed by atoms with Gasteiger partial charge in [-0.15, -0.1) is 0 Å². The van der Waals surface area contributed by atoms with Crippen LogP contribution in [0, 0.1) is 13.8 Å². The predicted octanol–water partition coefficient (Wildman–Crippen LogP) is 3.16. The second kappa shape index (κ2) is 6.13. The number of aliphatic hydroxyl groups is 1. The lowest BCUT2D eigenvalue weighted by atomic mass is 10.1. The lowest BCUT2D eigenvalue weighted by Gasteiger charge is -2.24. The molecule has 0 aliphatic carbocycles. The van der Waals surface area contributed by atoms with Gasteiger partial charge in [-0.2, -0.15) is 0 Å².